The van der Waals surface area contributed by atoms with Gasteiger partial charge in [-0.25, -0.2) is 0 Å². The van der Waals surface area contributed by atoms with Crippen molar-refractivity contribution < 1.29 is 4.74 Å². The highest BCUT2D eigenvalue weighted by atomic mass is 16.5. The third-order valence-electron chi connectivity index (χ3n) is 5.18. The molecule has 2 nitrogen and oxygen atoms in total. The minimum atomic E-state index is 0.590. The minimum Gasteiger partial charge on any atom is -0.383 e. The molecule has 0 heterocycles. The molecule has 0 aliphatic heterocycles. The third-order valence-corrected chi connectivity index (χ3v) is 5.18. The predicted molar refractivity (Wildman–Crippen MR) is 88.2 cm³/mol. The second kappa shape index (κ2) is 10.6. The molecule has 0 aromatic heterocycles. The molecule has 0 spiro atoms. The second-order valence-electron chi connectivity index (χ2n) is 6.86. The Bertz CT molecular complexity index is 221. The van der Waals surface area contributed by atoms with Crippen LogP contribution in [0.15, 0.2) is 0 Å². The normalized spacial score (nSPS) is 26.9. The molecule has 1 aliphatic rings. The van der Waals surface area contributed by atoms with E-state index in [0.29, 0.717) is 5.41 Å². The topological polar surface area (TPSA) is 21.3 Å². The summed E-state index contributed by atoms with van der Waals surface area (Å²) in [6, 6.07) is 0. The van der Waals surface area contributed by atoms with Crippen LogP contribution in [0.3, 0.4) is 0 Å². The van der Waals surface area contributed by atoms with Crippen LogP contribution < -0.4 is 5.32 Å². The van der Waals surface area contributed by atoms with Crippen molar-refractivity contribution in [2.45, 2.75) is 78.1 Å². The summed E-state index contributed by atoms with van der Waals surface area (Å²) in [6.45, 7) is 7.68. The molecule has 0 amide bonds. The summed E-state index contributed by atoms with van der Waals surface area (Å²) in [5.41, 5.74) is 0.590. The maximum Gasteiger partial charge on any atom is 0.0587 e. The van der Waals surface area contributed by atoms with Crippen molar-refractivity contribution in [3.63, 3.8) is 0 Å². The maximum absolute atomic E-state index is 5.14. The molecule has 0 aromatic rings. The number of rotatable bonds is 11. The van der Waals surface area contributed by atoms with Gasteiger partial charge in [0.05, 0.1) is 6.61 Å². The molecule has 0 aromatic carbocycles. The standard InChI is InChI=1S/C18H37NO/c1-4-6-8-17-9-12-18(13-10-17,11-7-5-2)16-19-14-15-20-3/h17,19H,4-16H2,1-3H3. The quantitative estimate of drug-likeness (QED) is 0.551. The lowest BCUT2D eigenvalue weighted by Crippen LogP contribution is -2.38. The molecule has 120 valence electrons. The number of hydrogen-bond donors (Lipinski definition) is 1. The fourth-order valence-electron chi connectivity index (χ4n) is 3.67. The van der Waals surface area contributed by atoms with E-state index in [-0.39, 0.29) is 0 Å². The fraction of sp³-hybridized carbons (Fsp3) is 1.00. The largest absolute Gasteiger partial charge is 0.383 e. The SMILES string of the molecule is CCCCC1CCC(CCCC)(CNCCOC)CC1. The van der Waals surface area contributed by atoms with E-state index in [0.717, 1.165) is 19.1 Å². The van der Waals surface area contributed by atoms with Gasteiger partial charge in [-0.15, -0.1) is 0 Å². The predicted octanol–water partition coefficient (Wildman–Crippen LogP) is 4.78. The van der Waals surface area contributed by atoms with Gasteiger partial charge in [0, 0.05) is 20.2 Å². The molecule has 1 aliphatic carbocycles. The van der Waals surface area contributed by atoms with Crippen LogP contribution in [0.4, 0.5) is 0 Å². The van der Waals surface area contributed by atoms with E-state index in [2.05, 4.69) is 19.2 Å². The molecule has 1 rings (SSSR count). The molecule has 0 radical (unpaired) electrons. The van der Waals surface area contributed by atoms with Gasteiger partial charge >= 0.3 is 0 Å². The zero-order valence-corrected chi connectivity index (χ0v) is 14.2. The molecule has 1 saturated carbocycles. The molecular weight excluding hydrogens is 246 g/mol. The zero-order chi connectivity index (χ0) is 14.7. The summed E-state index contributed by atoms with van der Waals surface area (Å²) in [4.78, 5) is 0. The molecule has 1 fully saturated rings. The minimum absolute atomic E-state index is 0.590. The van der Waals surface area contributed by atoms with Gasteiger partial charge in [-0.1, -0.05) is 46.0 Å². The molecule has 2 heteroatoms. The van der Waals surface area contributed by atoms with Crippen LogP contribution in [0.5, 0.6) is 0 Å². The highest BCUT2D eigenvalue weighted by Crippen LogP contribution is 2.43. The van der Waals surface area contributed by atoms with Gasteiger partial charge in [0.15, 0.2) is 0 Å². The summed E-state index contributed by atoms with van der Waals surface area (Å²) in [6.07, 6.45) is 14.2. The van der Waals surface area contributed by atoms with E-state index in [4.69, 9.17) is 4.74 Å². The van der Waals surface area contributed by atoms with Gasteiger partial charge < -0.3 is 10.1 Å². The highest BCUT2D eigenvalue weighted by Gasteiger charge is 2.34. The van der Waals surface area contributed by atoms with Crippen LogP contribution in [0.25, 0.3) is 0 Å². The van der Waals surface area contributed by atoms with Crippen molar-refractivity contribution >= 4 is 0 Å². The van der Waals surface area contributed by atoms with Crippen LogP contribution in [0.1, 0.15) is 78.1 Å². The van der Waals surface area contributed by atoms with Gasteiger partial charge in [0.2, 0.25) is 0 Å². The van der Waals surface area contributed by atoms with E-state index < -0.39 is 0 Å². The Morgan fingerprint density at radius 2 is 1.80 bits per heavy atom. The Hall–Kier alpha value is -0.0800. The summed E-state index contributed by atoms with van der Waals surface area (Å²) >= 11 is 0. The smallest absolute Gasteiger partial charge is 0.0587 e. The van der Waals surface area contributed by atoms with Crippen molar-refractivity contribution in [1.29, 1.82) is 0 Å². The van der Waals surface area contributed by atoms with E-state index in [1.807, 2.05) is 0 Å². The zero-order valence-electron chi connectivity index (χ0n) is 14.2. The lowest BCUT2D eigenvalue weighted by atomic mass is 9.67. The average Bonchev–Trinajstić information content (AvgIpc) is 2.49. The fourth-order valence-corrected chi connectivity index (χ4v) is 3.67. The Kier molecular flexibility index (Phi) is 9.54. The number of methoxy groups -OCH3 is 1. The molecule has 0 unspecified atom stereocenters. The first-order chi connectivity index (χ1) is 9.76. The molecule has 0 bridgehead atoms. The number of nitrogens with one attached hydrogen (secondary N) is 1. The summed E-state index contributed by atoms with van der Waals surface area (Å²) in [7, 11) is 1.79. The van der Waals surface area contributed by atoms with E-state index >= 15 is 0 Å². The van der Waals surface area contributed by atoms with E-state index in [1.54, 1.807) is 7.11 Å². The van der Waals surface area contributed by atoms with Crippen molar-refractivity contribution in [2.75, 3.05) is 26.8 Å². The average molecular weight is 284 g/mol. The highest BCUT2D eigenvalue weighted by molar-refractivity contribution is 4.87. The van der Waals surface area contributed by atoms with Crippen molar-refractivity contribution in [3.05, 3.63) is 0 Å². The van der Waals surface area contributed by atoms with E-state index in [1.165, 1.54) is 70.8 Å². The van der Waals surface area contributed by atoms with Crippen LogP contribution in [0, 0.1) is 11.3 Å². The third kappa shape index (κ3) is 6.58. The number of unbranched alkanes of at least 4 members (excludes halogenated alkanes) is 2. The summed E-state index contributed by atoms with van der Waals surface area (Å²) in [5.74, 6) is 1.02. The van der Waals surface area contributed by atoms with Gasteiger partial charge in [0.25, 0.3) is 0 Å². The van der Waals surface area contributed by atoms with Gasteiger partial charge in [-0.3, -0.25) is 0 Å². The first-order valence-corrected chi connectivity index (χ1v) is 8.96. The maximum atomic E-state index is 5.14. The first kappa shape index (κ1) is 18.0. The van der Waals surface area contributed by atoms with Gasteiger partial charge in [0.1, 0.15) is 0 Å². The van der Waals surface area contributed by atoms with E-state index in [9.17, 15) is 0 Å². The second-order valence-corrected chi connectivity index (χ2v) is 6.86. The number of hydrogen-bond acceptors (Lipinski definition) is 2. The van der Waals surface area contributed by atoms with Gasteiger partial charge in [-0.2, -0.15) is 0 Å². The van der Waals surface area contributed by atoms with Gasteiger partial charge in [-0.05, 0) is 43.4 Å². The lowest BCUT2D eigenvalue weighted by Gasteiger charge is -2.41. The van der Waals surface area contributed by atoms with Crippen molar-refractivity contribution in [3.8, 4) is 0 Å². The van der Waals surface area contributed by atoms with Crippen LogP contribution >= 0.6 is 0 Å². The Morgan fingerprint density at radius 3 is 2.40 bits per heavy atom. The molecule has 1 N–H and O–H groups in total. The molecular formula is C18H37NO. The van der Waals surface area contributed by atoms with Crippen molar-refractivity contribution in [1.82, 2.24) is 5.32 Å². The first-order valence-electron chi connectivity index (χ1n) is 8.96. The monoisotopic (exact) mass is 283 g/mol. The molecule has 0 atom stereocenters. The Balaban J connectivity index is 2.36. The molecule has 0 saturated heterocycles. The van der Waals surface area contributed by atoms with Crippen LogP contribution in [-0.2, 0) is 4.74 Å². The Morgan fingerprint density at radius 1 is 1.10 bits per heavy atom. The Labute approximate surface area is 127 Å². The summed E-state index contributed by atoms with van der Waals surface area (Å²) < 4.78 is 5.14. The summed E-state index contributed by atoms with van der Waals surface area (Å²) in [5, 5.41) is 3.64. The molecule has 20 heavy (non-hydrogen) atoms. The van der Waals surface area contributed by atoms with Crippen LogP contribution in [0.2, 0.25) is 0 Å². The number of ether oxygens (including phenoxy) is 1. The lowest BCUT2D eigenvalue weighted by molar-refractivity contribution is 0.119. The van der Waals surface area contributed by atoms with Crippen molar-refractivity contribution in [2.24, 2.45) is 11.3 Å². The van der Waals surface area contributed by atoms with Crippen LogP contribution in [-0.4, -0.2) is 26.8 Å².